The van der Waals surface area contributed by atoms with Crippen LogP contribution in [0.15, 0.2) is 122 Å². The molecule has 12 heterocycles. The number of pyridine rings is 4. The molecule has 0 aliphatic carbocycles. The molecule has 16 rings (SSSR count). The number of benzene rings is 4. The van der Waals surface area contributed by atoms with Crippen LogP contribution in [0.3, 0.4) is 0 Å². The van der Waals surface area contributed by atoms with Crippen LogP contribution in [-0.2, 0) is 90.2 Å². The summed E-state index contributed by atoms with van der Waals surface area (Å²) in [7, 11) is 0. The number of nitrogen functional groups attached to an aromatic ring is 4. The molecule has 0 saturated carbocycles. The number of aliphatic carboxylic acids is 1. The molecule has 8 aliphatic heterocycles. The van der Waals surface area contributed by atoms with E-state index >= 15 is 0 Å². The van der Waals surface area contributed by atoms with Gasteiger partial charge in [-0.05, 0) is 223 Å². The van der Waals surface area contributed by atoms with Crippen LogP contribution in [0.2, 0.25) is 0 Å². The lowest BCUT2D eigenvalue weighted by Crippen LogP contribution is -2.46. The van der Waals surface area contributed by atoms with Gasteiger partial charge in [-0.1, -0.05) is 104 Å². The highest BCUT2D eigenvalue weighted by Gasteiger charge is 2.40. The normalized spacial score (nSPS) is 20.0. The SMILES string of the molecule is CCc1cc(NC(=O)C(=O)N2C[C@@H](C)CC[C@@H]2c2ccc3c(c2)CNC3=O)cnc1N.CCc1cc(NC(=O)C(=O)N2C[C@H](C)CC[C@H]2c2ccc3c(c2)CNC3=O)cnc1N.CCc1cc(NC(=O)C(=O)N2C[C@H](C)CC[C@H]2c2ccc3c(c2)CNC3=O)cnc1N.CCc1cc(NC(=O)C(=O)O)cnc1N.C[C@@H]1CC[C@@H](c2ccc3c(c2)CNC3=O)NC1. The van der Waals surface area contributed by atoms with E-state index in [0.29, 0.717) is 158 Å². The summed E-state index contributed by atoms with van der Waals surface area (Å²) in [5, 5.41) is 33.5. The Bertz CT molecular complexity index is 5100. The molecule has 8 aliphatic rings. The van der Waals surface area contributed by atoms with Crippen molar-refractivity contribution in [1.82, 2.24) is 61.2 Å². The largest absolute Gasteiger partial charge is 0.474 e. The van der Waals surface area contributed by atoms with E-state index in [4.69, 9.17) is 28.0 Å². The van der Waals surface area contributed by atoms with E-state index < -0.39 is 47.3 Å². The van der Waals surface area contributed by atoms with Crippen molar-refractivity contribution in [2.75, 3.05) is 70.4 Å². The number of carboxylic acid groups (broad SMARTS) is 1. The third-order valence-corrected chi connectivity index (χ3v) is 24.0. The number of nitrogens with one attached hydrogen (secondary N) is 9. The third kappa shape index (κ3) is 21.8. The zero-order valence-electron chi connectivity index (χ0n) is 71.6. The number of nitrogens with two attached hydrogens (primary N) is 4. The Labute approximate surface area is 725 Å². The highest BCUT2D eigenvalue weighted by molar-refractivity contribution is 6.41. The van der Waals surface area contributed by atoms with Gasteiger partial charge < -0.3 is 90.6 Å². The summed E-state index contributed by atoms with van der Waals surface area (Å²) in [5.74, 6) is -3.24. The first kappa shape index (κ1) is 90.5. The lowest BCUT2D eigenvalue weighted by atomic mass is 9.88. The predicted molar refractivity (Wildman–Crippen MR) is 472 cm³/mol. The molecule has 33 nitrogen and oxygen atoms in total. The molecule has 0 spiro atoms. The number of piperidine rings is 4. The molecule has 125 heavy (non-hydrogen) atoms. The molecular weight excluding hydrogens is 1590 g/mol. The predicted octanol–water partition coefficient (Wildman–Crippen LogP) is 9.46. The number of rotatable bonds is 12. The van der Waals surface area contributed by atoms with Gasteiger partial charge in [0.25, 0.3) is 23.6 Å². The van der Waals surface area contributed by atoms with Crippen LogP contribution in [0, 0.1) is 23.7 Å². The van der Waals surface area contributed by atoms with Crippen molar-refractivity contribution >= 4 is 117 Å². The maximum Gasteiger partial charge on any atom is 0.394 e. The fourth-order valence-corrected chi connectivity index (χ4v) is 16.9. The van der Waals surface area contributed by atoms with Crippen molar-refractivity contribution < 1.29 is 62.6 Å². The van der Waals surface area contributed by atoms with Crippen molar-refractivity contribution in [1.29, 1.82) is 0 Å². The quantitative estimate of drug-likeness (QED) is 0.0506. The van der Waals surface area contributed by atoms with E-state index in [-0.39, 0.29) is 41.8 Å². The van der Waals surface area contributed by atoms with Crippen LogP contribution in [0.1, 0.15) is 239 Å². The van der Waals surface area contributed by atoms with Crippen molar-refractivity contribution in [2.24, 2.45) is 23.7 Å². The second-order valence-corrected chi connectivity index (χ2v) is 33.1. The van der Waals surface area contributed by atoms with E-state index in [1.807, 2.05) is 70.2 Å². The molecule has 8 atom stereocenters. The Kier molecular flexibility index (Phi) is 29.3. The van der Waals surface area contributed by atoms with Crippen molar-refractivity contribution in [2.45, 2.75) is 183 Å². The Balaban J connectivity index is 0.000000146. The molecule has 11 amide bonds. The van der Waals surface area contributed by atoms with E-state index in [0.717, 1.165) is 118 Å². The molecule has 0 unspecified atom stereocenters. The Hall–Kier alpha value is -13.7. The number of amides is 11. The smallest absolute Gasteiger partial charge is 0.394 e. The van der Waals surface area contributed by atoms with Crippen LogP contribution >= 0.6 is 0 Å². The van der Waals surface area contributed by atoms with Gasteiger partial charge in [0, 0.05) is 74.1 Å². The summed E-state index contributed by atoms with van der Waals surface area (Å²) >= 11 is 0. The minimum absolute atomic E-state index is 0.0665. The number of nitrogens with zero attached hydrogens (tertiary/aromatic N) is 7. The summed E-state index contributed by atoms with van der Waals surface area (Å²) < 4.78 is 0. The van der Waals surface area contributed by atoms with Crippen LogP contribution < -0.4 is 70.8 Å². The van der Waals surface area contributed by atoms with Gasteiger partial charge in [0.2, 0.25) is 0 Å². The van der Waals surface area contributed by atoms with Crippen LogP contribution in [0.5, 0.6) is 0 Å². The number of fused-ring (bicyclic) bond motifs is 4. The molecule has 0 radical (unpaired) electrons. The Morgan fingerprint density at radius 2 is 0.632 bits per heavy atom. The first-order valence-electron chi connectivity index (χ1n) is 42.6. The van der Waals surface area contributed by atoms with Crippen molar-refractivity contribution in [3.8, 4) is 0 Å². The molecule has 656 valence electrons. The van der Waals surface area contributed by atoms with Gasteiger partial charge in [-0.3, -0.25) is 52.7 Å². The molecule has 4 aromatic carbocycles. The fraction of sp³-hybridized carbons (Fsp3) is 0.391. The molecule has 18 N–H and O–H groups in total. The van der Waals surface area contributed by atoms with Crippen LogP contribution in [0.25, 0.3) is 0 Å². The second-order valence-electron chi connectivity index (χ2n) is 33.1. The van der Waals surface area contributed by atoms with Gasteiger partial charge >= 0.3 is 47.3 Å². The first-order chi connectivity index (χ1) is 59.9. The second kappa shape index (κ2) is 40.5. The summed E-state index contributed by atoms with van der Waals surface area (Å²) in [6.07, 6.45) is 16.1. The van der Waals surface area contributed by atoms with Gasteiger partial charge in [-0.15, -0.1) is 0 Å². The van der Waals surface area contributed by atoms with E-state index in [9.17, 15) is 57.5 Å². The number of aromatic nitrogens is 4. The van der Waals surface area contributed by atoms with Crippen molar-refractivity contribution in [3.63, 3.8) is 0 Å². The molecule has 33 heteroatoms. The minimum atomic E-state index is -1.54. The lowest BCUT2D eigenvalue weighted by Gasteiger charge is -2.38. The Morgan fingerprint density at radius 3 is 0.896 bits per heavy atom. The third-order valence-electron chi connectivity index (χ3n) is 24.0. The summed E-state index contributed by atoms with van der Waals surface area (Å²) in [6.45, 7) is 21.0. The lowest BCUT2D eigenvalue weighted by molar-refractivity contribution is -0.147. The van der Waals surface area contributed by atoms with Crippen LogP contribution in [0.4, 0.5) is 46.0 Å². The molecule has 0 bridgehead atoms. The molecule has 4 saturated heterocycles. The monoisotopic (exact) mass is 1700 g/mol. The highest BCUT2D eigenvalue weighted by Crippen LogP contribution is 2.40. The topological polar surface area (TPSA) is 499 Å². The molecule has 8 aromatic rings. The number of carboxylic acids is 1. The standard InChI is InChI=1S/3C23H27N5O3.C14H18N2O.C9H11N3O3/c3*1-3-14-9-17(11-25-20(14)24)27-22(30)23(31)28-12-13(2)4-7-19(28)15-5-6-18-16(8-15)10-26-21(18)29;1-9-2-5-13(15-7-9)10-3-4-12-11(6-10)8-16-14(12)17;1-2-5-3-6(4-11-7(5)10)12-8(13)9(14)15/h3*5-6,8-9,11,13,19H,3-4,7,10,12H2,1-2H3,(H2,24,25)(H,26,29)(H,27,30);3-4,6,9,13,15H,2,5,7-8H2,1H3,(H,16,17);3-4H,2H2,1H3,(H2,10,11)(H,12,13)(H,14,15)/t3*13-,19+;9-,13+;/m1101./s1. The highest BCUT2D eigenvalue weighted by atomic mass is 16.4. The number of carbonyl (C=O) groups is 12. The number of hydrogen-bond donors (Lipinski definition) is 14. The van der Waals surface area contributed by atoms with E-state index in [1.54, 1.807) is 57.2 Å². The van der Waals surface area contributed by atoms with E-state index in [1.165, 1.54) is 43.2 Å². The average Bonchev–Trinajstić information content (AvgIpc) is 1.71. The first-order valence-corrected chi connectivity index (χ1v) is 42.6. The van der Waals surface area contributed by atoms with Crippen LogP contribution in [-0.4, -0.2) is 137 Å². The van der Waals surface area contributed by atoms with Gasteiger partial charge in [-0.25, -0.2) is 24.7 Å². The summed E-state index contributed by atoms with van der Waals surface area (Å²) in [4.78, 5) is 167. The number of hydrogen-bond acceptors (Lipinski definition) is 21. The summed E-state index contributed by atoms with van der Waals surface area (Å²) in [5.41, 5.74) is 38.9. The molecule has 4 aromatic heterocycles. The zero-order chi connectivity index (χ0) is 89.6. The Morgan fingerprint density at radius 1 is 0.368 bits per heavy atom. The van der Waals surface area contributed by atoms with Gasteiger partial charge in [0.05, 0.1) is 65.7 Å². The van der Waals surface area contributed by atoms with Gasteiger partial charge in [-0.2, -0.15) is 0 Å². The van der Waals surface area contributed by atoms with Crippen molar-refractivity contribution in [3.05, 3.63) is 211 Å². The fourth-order valence-electron chi connectivity index (χ4n) is 16.9. The summed E-state index contributed by atoms with van der Waals surface area (Å²) in [6, 6.07) is 29.9. The van der Waals surface area contributed by atoms with E-state index in [2.05, 4.69) is 108 Å². The molecular formula is C92H110N20O13. The van der Waals surface area contributed by atoms with Gasteiger partial charge in [0.15, 0.2) is 0 Å². The molecule has 4 fully saturated rings. The maximum atomic E-state index is 13.1. The zero-order valence-corrected chi connectivity index (χ0v) is 71.6. The average molecular weight is 1700 g/mol. The maximum absolute atomic E-state index is 13.1. The van der Waals surface area contributed by atoms with Gasteiger partial charge in [0.1, 0.15) is 23.3 Å². The number of anilines is 8. The number of carbonyl (C=O) groups excluding carboxylic acids is 11. The number of likely N-dealkylation sites (tertiary alicyclic amines) is 3. The number of aryl methyl sites for hydroxylation is 4. The minimum Gasteiger partial charge on any atom is -0.474 e.